The van der Waals surface area contributed by atoms with Crippen molar-refractivity contribution in [1.82, 2.24) is 4.98 Å². The van der Waals surface area contributed by atoms with Crippen molar-refractivity contribution in [2.45, 2.75) is 12.6 Å². The van der Waals surface area contributed by atoms with Gasteiger partial charge in [0.2, 0.25) is 5.88 Å². The van der Waals surface area contributed by atoms with Gasteiger partial charge in [-0.25, -0.2) is 4.98 Å². The molecule has 0 spiro atoms. The van der Waals surface area contributed by atoms with Crippen LogP contribution in [0.1, 0.15) is 11.1 Å². The topological polar surface area (TPSA) is 48.1 Å². The molecule has 106 valence electrons. The van der Waals surface area contributed by atoms with E-state index in [1.54, 1.807) is 6.07 Å². The Labute approximate surface area is 114 Å². The highest BCUT2D eigenvalue weighted by Gasteiger charge is 2.30. The number of hydrogen-bond acceptors (Lipinski definition) is 3. The van der Waals surface area contributed by atoms with Gasteiger partial charge in [-0.15, -0.1) is 0 Å². The zero-order valence-electron chi connectivity index (χ0n) is 10.5. The Hall–Kier alpha value is -2.24. The summed E-state index contributed by atoms with van der Waals surface area (Å²) in [5.41, 5.74) is 6.57. The maximum Gasteiger partial charge on any atom is 0.417 e. The van der Waals surface area contributed by atoms with Gasteiger partial charge in [0.05, 0.1) is 12.2 Å². The minimum Gasteiger partial charge on any atom is -0.477 e. The number of nitrogen functional groups attached to an aromatic ring is 1. The lowest BCUT2D eigenvalue weighted by Gasteiger charge is -2.09. The zero-order chi connectivity index (χ0) is 14.6. The van der Waals surface area contributed by atoms with Gasteiger partial charge in [-0.05, 0) is 17.7 Å². The van der Waals surface area contributed by atoms with Crippen LogP contribution in [0, 0.1) is 0 Å². The van der Waals surface area contributed by atoms with Gasteiger partial charge in [0, 0.05) is 24.4 Å². The van der Waals surface area contributed by atoms with Crippen LogP contribution in [-0.4, -0.2) is 11.6 Å². The summed E-state index contributed by atoms with van der Waals surface area (Å²) in [6, 6.07) is 9.50. The Morgan fingerprint density at radius 1 is 1.10 bits per heavy atom. The van der Waals surface area contributed by atoms with Gasteiger partial charge in [0.15, 0.2) is 0 Å². The average molecular weight is 282 g/mol. The van der Waals surface area contributed by atoms with E-state index in [2.05, 4.69) is 4.98 Å². The van der Waals surface area contributed by atoms with Gasteiger partial charge in [0.1, 0.15) is 0 Å². The van der Waals surface area contributed by atoms with Gasteiger partial charge >= 0.3 is 6.18 Å². The summed E-state index contributed by atoms with van der Waals surface area (Å²) >= 11 is 0. The Kier molecular flexibility index (Phi) is 4.12. The third-order valence-corrected chi connectivity index (χ3v) is 2.74. The van der Waals surface area contributed by atoms with Crippen LogP contribution in [0.4, 0.5) is 18.9 Å². The fourth-order valence-corrected chi connectivity index (χ4v) is 1.66. The van der Waals surface area contributed by atoms with Crippen LogP contribution < -0.4 is 10.5 Å². The molecular formula is C14H13F3N2O. The molecule has 0 saturated heterocycles. The van der Waals surface area contributed by atoms with Gasteiger partial charge in [0.25, 0.3) is 0 Å². The van der Waals surface area contributed by atoms with Crippen molar-refractivity contribution in [3.8, 4) is 5.88 Å². The number of aromatic nitrogens is 1. The molecule has 3 nitrogen and oxygen atoms in total. The lowest BCUT2D eigenvalue weighted by molar-refractivity contribution is -0.137. The first kappa shape index (κ1) is 14.2. The van der Waals surface area contributed by atoms with Crippen LogP contribution in [0.2, 0.25) is 0 Å². The van der Waals surface area contributed by atoms with Gasteiger partial charge in [-0.3, -0.25) is 0 Å². The molecule has 0 fully saturated rings. The summed E-state index contributed by atoms with van der Waals surface area (Å²) in [5.74, 6) is 0.160. The molecule has 0 bridgehead atoms. The molecule has 20 heavy (non-hydrogen) atoms. The van der Waals surface area contributed by atoms with E-state index >= 15 is 0 Å². The second kappa shape index (κ2) is 5.81. The third kappa shape index (κ3) is 3.63. The number of benzene rings is 1. The van der Waals surface area contributed by atoms with Gasteiger partial charge in [-0.2, -0.15) is 13.2 Å². The average Bonchev–Trinajstić information content (AvgIpc) is 2.40. The number of pyridine rings is 1. The normalized spacial score (nSPS) is 11.3. The minimum absolute atomic E-state index is 0.160. The fraction of sp³-hybridized carbons (Fsp3) is 0.214. The van der Waals surface area contributed by atoms with Crippen LogP contribution in [0.25, 0.3) is 0 Å². The number of para-hydroxylation sites is 1. The number of hydrogen-bond donors (Lipinski definition) is 1. The zero-order valence-corrected chi connectivity index (χ0v) is 10.5. The monoisotopic (exact) mass is 282 g/mol. The summed E-state index contributed by atoms with van der Waals surface area (Å²) in [6.07, 6.45) is -3.06. The van der Waals surface area contributed by atoms with Crippen LogP contribution in [0.15, 0.2) is 42.6 Å². The molecule has 0 radical (unpaired) electrons. The fourth-order valence-electron chi connectivity index (χ4n) is 1.66. The maximum atomic E-state index is 12.3. The molecule has 0 aliphatic heterocycles. The summed E-state index contributed by atoms with van der Waals surface area (Å²) in [6.45, 7) is 0.298. The van der Waals surface area contributed by atoms with E-state index in [1.807, 2.05) is 18.2 Å². The van der Waals surface area contributed by atoms with Crippen LogP contribution >= 0.6 is 0 Å². The number of nitrogens with zero attached hydrogens (tertiary/aromatic N) is 1. The first-order valence-electron chi connectivity index (χ1n) is 5.96. The molecule has 0 atom stereocenters. The molecule has 6 heteroatoms. The molecule has 0 saturated carbocycles. The standard InChI is InChI=1S/C14H13F3N2O/c15-14(16,17)11-5-6-13(19-9-11)20-8-7-10-3-1-2-4-12(10)18/h1-6,9H,7-8,18H2. The maximum absolute atomic E-state index is 12.3. The number of ether oxygens (including phenoxy) is 1. The lowest BCUT2D eigenvalue weighted by atomic mass is 10.1. The summed E-state index contributed by atoms with van der Waals surface area (Å²) < 4.78 is 42.3. The van der Waals surface area contributed by atoms with Crippen molar-refractivity contribution in [3.05, 3.63) is 53.7 Å². The molecule has 2 aromatic rings. The summed E-state index contributed by atoms with van der Waals surface area (Å²) in [4.78, 5) is 3.63. The number of halogens is 3. The first-order chi connectivity index (χ1) is 9.47. The van der Waals surface area contributed by atoms with E-state index in [0.29, 0.717) is 18.7 Å². The van der Waals surface area contributed by atoms with Gasteiger partial charge in [-0.1, -0.05) is 18.2 Å². The summed E-state index contributed by atoms with van der Waals surface area (Å²) in [5, 5.41) is 0. The molecule has 2 N–H and O–H groups in total. The van der Waals surface area contributed by atoms with Crippen molar-refractivity contribution in [1.29, 1.82) is 0 Å². The van der Waals surface area contributed by atoms with Crippen LogP contribution in [0.3, 0.4) is 0 Å². The minimum atomic E-state index is -4.38. The SMILES string of the molecule is Nc1ccccc1CCOc1ccc(C(F)(F)F)cn1. The highest BCUT2D eigenvalue weighted by atomic mass is 19.4. The molecule has 0 aliphatic rings. The van der Waals surface area contributed by atoms with Crippen molar-refractivity contribution in [3.63, 3.8) is 0 Å². The second-order valence-corrected chi connectivity index (χ2v) is 4.18. The Balaban J connectivity index is 1.90. The second-order valence-electron chi connectivity index (χ2n) is 4.18. The Morgan fingerprint density at radius 2 is 1.85 bits per heavy atom. The summed E-state index contributed by atoms with van der Waals surface area (Å²) in [7, 11) is 0. The molecule has 1 heterocycles. The van der Waals surface area contributed by atoms with E-state index < -0.39 is 11.7 Å². The smallest absolute Gasteiger partial charge is 0.417 e. The highest BCUT2D eigenvalue weighted by molar-refractivity contribution is 5.46. The predicted molar refractivity (Wildman–Crippen MR) is 69.3 cm³/mol. The number of alkyl halides is 3. The van der Waals surface area contributed by atoms with Crippen molar-refractivity contribution in [2.24, 2.45) is 0 Å². The van der Waals surface area contributed by atoms with Gasteiger partial charge < -0.3 is 10.5 Å². The van der Waals surface area contributed by atoms with Crippen molar-refractivity contribution < 1.29 is 17.9 Å². The molecule has 1 aromatic carbocycles. The predicted octanol–water partition coefficient (Wildman–Crippen LogP) is 3.30. The highest BCUT2D eigenvalue weighted by Crippen LogP contribution is 2.29. The van der Waals surface area contributed by atoms with Crippen molar-refractivity contribution in [2.75, 3.05) is 12.3 Å². The van der Waals surface area contributed by atoms with Crippen LogP contribution in [0.5, 0.6) is 5.88 Å². The number of rotatable bonds is 4. The molecule has 0 aliphatic carbocycles. The van der Waals surface area contributed by atoms with Crippen LogP contribution in [-0.2, 0) is 12.6 Å². The molecular weight excluding hydrogens is 269 g/mol. The number of nitrogens with two attached hydrogens (primary N) is 1. The third-order valence-electron chi connectivity index (χ3n) is 2.74. The van der Waals surface area contributed by atoms with E-state index in [-0.39, 0.29) is 5.88 Å². The van der Waals surface area contributed by atoms with E-state index in [0.717, 1.165) is 17.8 Å². The van der Waals surface area contributed by atoms with E-state index in [9.17, 15) is 13.2 Å². The lowest BCUT2D eigenvalue weighted by Crippen LogP contribution is -2.07. The molecule has 1 aromatic heterocycles. The van der Waals surface area contributed by atoms with Crippen molar-refractivity contribution >= 4 is 5.69 Å². The largest absolute Gasteiger partial charge is 0.477 e. The Bertz CT molecular complexity index is 567. The number of anilines is 1. The molecule has 0 unspecified atom stereocenters. The van der Waals surface area contributed by atoms with E-state index in [1.165, 1.54) is 6.07 Å². The molecule has 0 amide bonds. The molecule has 2 rings (SSSR count). The van der Waals surface area contributed by atoms with E-state index in [4.69, 9.17) is 10.5 Å². The first-order valence-corrected chi connectivity index (χ1v) is 5.96. The Morgan fingerprint density at radius 3 is 2.45 bits per heavy atom. The quantitative estimate of drug-likeness (QED) is 0.875.